The molecule has 19 heavy (non-hydrogen) atoms. The first kappa shape index (κ1) is 11.7. The third-order valence-corrected chi connectivity index (χ3v) is 5.41. The summed E-state index contributed by atoms with van der Waals surface area (Å²) in [5.74, 6) is 1.35. The highest BCUT2D eigenvalue weighted by Crippen LogP contribution is 2.37. The quantitative estimate of drug-likeness (QED) is 0.840. The molecule has 0 amide bonds. The maximum atomic E-state index is 12.6. The Morgan fingerprint density at radius 1 is 1.05 bits per heavy atom. The molecule has 3 atom stereocenters. The summed E-state index contributed by atoms with van der Waals surface area (Å²) < 4.78 is 0. The number of carbonyl (C=O) groups excluding carboxylic acids is 1. The van der Waals surface area contributed by atoms with Crippen LogP contribution in [-0.2, 0) is 0 Å². The molecule has 2 saturated heterocycles. The van der Waals surface area contributed by atoms with Gasteiger partial charge in [-0.25, -0.2) is 0 Å². The summed E-state index contributed by atoms with van der Waals surface area (Å²) >= 11 is 0. The Morgan fingerprint density at radius 3 is 2.37 bits per heavy atom. The Hall–Kier alpha value is -1.15. The Kier molecular flexibility index (Phi) is 2.73. The average Bonchev–Trinajstić information content (AvgIpc) is 2.99. The first-order valence-electron chi connectivity index (χ1n) is 7.71. The van der Waals surface area contributed by atoms with Gasteiger partial charge in [0, 0.05) is 23.6 Å². The van der Waals surface area contributed by atoms with Gasteiger partial charge < -0.3 is 5.32 Å². The van der Waals surface area contributed by atoms with Crippen molar-refractivity contribution in [1.29, 1.82) is 0 Å². The highest BCUT2D eigenvalue weighted by Gasteiger charge is 2.42. The van der Waals surface area contributed by atoms with Crippen molar-refractivity contribution in [3.05, 3.63) is 35.4 Å². The van der Waals surface area contributed by atoms with E-state index in [-0.39, 0.29) is 5.92 Å². The molecule has 0 spiro atoms. The molecule has 2 aliphatic heterocycles. The van der Waals surface area contributed by atoms with Gasteiger partial charge >= 0.3 is 0 Å². The topological polar surface area (TPSA) is 29.1 Å². The molecule has 0 aromatic heterocycles. The van der Waals surface area contributed by atoms with Gasteiger partial charge in [0.25, 0.3) is 0 Å². The van der Waals surface area contributed by atoms with Crippen LogP contribution in [0.1, 0.15) is 60.4 Å². The number of Topliss-reactive ketones (excluding diaryl/α,β-unsaturated/α-hetero) is 1. The molecule has 1 aromatic rings. The maximum absolute atomic E-state index is 12.6. The van der Waals surface area contributed by atoms with E-state index in [1.165, 1.54) is 37.7 Å². The Labute approximate surface area is 114 Å². The maximum Gasteiger partial charge on any atom is 0.167 e. The van der Waals surface area contributed by atoms with E-state index < -0.39 is 0 Å². The zero-order valence-corrected chi connectivity index (χ0v) is 11.3. The fraction of sp³-hybridized carbons (Fsp3) is 0.588. The molecule has 1 saturated carbocycles. The van der Waals surface area contributed by atoms with E-state index >= 15 is 0 Å². The minimum Gasteiger partial charge on any atom is -0.310 e. The lowest BCUT2D eigenvalue weighted by atomic mass is 9.79. The van der Waals surface area contributed by atoms with Crippen LogP contribution in [0.25, 0.3) is 0 Å². The van der Waals surface area contributed by atoms with E-state index in [9.17, 15) is 4.79 Å². The lowest BCUT2D eigenvalue weighted by Gasteiger charge is -2.26. The number of hydrogen-bond donors (Lipinski definition) is 1. The molecule has 100 valence electrons. The summed E-state index contributed by atoms with van der Waals surface area (Å²) in [6, 6.07) is 9.52. The van der Waals surface area contributed by atoms with Gasteiger partial charge in [0.05, 0.1) is 0 Å². The summed E-state index contributed by atoms with van der Waals surface area (Å²) in [4.78, 5) is 12.6. The van der Waals surface area contributed by atoms with E-state index in [1.807, 2.05) is 0 Å². The van der Waals surface area contributed by atoms with Crippen LogP contribution in [0, 0.1) is 5.92 Å². The van der Waals surface area contributed by atoms with Crippen LogP contribution >= 0.6 is 0 Å². The van der Waals surface area contributed by atoms with Crippen molar-refractivity contribution < 1.29 is 4.79 Å². The monoisotopic (exact) mass is 255 g/mol. The molecule has 1 aliphatic carbocycles. The first-order chi connectivity index (χ1) is 9.31. The second kappa shape index (κ2) is 4.45. The standard InChI is InChI=1S/C17H21NO/c19-17(15-10-14-8-9-16(15)18-14)13-6-4-12(5-7-13)11-2-1-3-11/h4-7,11,14-16,18H,1-3,8-10H2. The zero-order chi connectivity index (χ0) is 12.8. The summed E-state index contributed by atoms with van der Waals surface area (Å²) in [6.45, 7) is 0. The number of nitrogens with one attached hydrogen (secondary N) is 1. The molecular formula is C17H21NO. The van der Waals surface area contributed by atoms with Gasteiger partial charge in [-0.1, -0.05) is 30.7 Å². The largest absolute Gasteiger partial charge is 0.310 e. The van der Waals surface area contributed by atoms with Gasteiger partial charge in [-0.2, -0.15) is 0 Å². The van der Waals surface area contributed by atoms with E-state index in [2.05, 4.69) is 29.6 Å². The summed E-state index contributed by atoms with van der Waals surface area (Å²) in [7, 11) is 0. The van der Waals surface area contributed by atoms with Crippen LogP contribution in [-0.4, -0.2) is 17.9 Å². The van der Waals surface area contributed by atoms with Crippen molar-refractivity contribution in [2.45, 2.75) is 56.5 Å². The van der Waals surface area contributed by atoms with Crippen LogP contribution in [0.15, 0.2) is 24.3 Å². The fourth-order valence-corrected chi connectivity index (χ4v) is 3.99. The van der Waals surface area contributed by atoms with Crippen LogP contribution < -0.4 is 5.32 Å². The van der Waals surface area contributed by atoms with E-state index in [4.69, 9.17) is 0 Å². The van der Waals surface area contributed by atoms with Crippen molar-refractivity contribution in [3.63, 3.8) is 0 Å². The molecular weight excluding hydrogens is 234 g/mol. The number of benzene rings is 1. The smallest absolute Gasteiger partial charge is 0.167 e. The number of carbonyl (C=O) groups is 1. The molecule has 1 N–H and O–H groups in total. The summed E-state index contributed by atoms with van der Waals surface area (Å²) in [5, 5.41) is 3.56. The zero-order valence-electron chi connectivity index (χ0n) is 11.3. The van der Waals surface area contributed by atoms with E-state index in [0.29, 0.717) is 17.9 Å². The lowest BCUT2D eigenvalue weighted by Crippen LogP contribution is -2.28. The number of fused-ring (bicyclic) bond motifs is 2. The highest BCUT2D eigenvalue weighted by atomic mass is 16.1. The van der Waals surface area contributed by atoms with Gasteiger partial charge in [-0.15, -0.1) is 0 Å². The van der Waals surface area contributed by atoms with Gasteiger partial charge in [-0.05, 0) is 43.6 Å². The Bertz CT molecular complexity index is 488. The van der Waals surface area contributed by atoms with E-state index in [0.717, 1.165) is 17.9 Å². The Morgan fingerprint density at radius 2 is 1.84 bits per heavy atom. The minimum absolute atomic E-state index is 0.230. The third-order valence-electron chi connectivity index (χ3n) is 5.41. The predicted molar refractivity (Wildman–Crippen MR) is 75.4 cm³/mol. The second-order valence-corrected chi connectivity index (χ2v) is 6.50. The molecule has 3 fully saturated rings. The van der Waals surface area contributed by atoms with Crippen molar-refractivity contribution in [1.82, 2.24) is 5.32 Å². The Balaban J connectivity index is 1.50. The van der Waals surface area contributed by atoms with Crippen molar-refractivity contribution in [3.8, 4) is 0 Å². The van der Waals surface area contributed by atoms with Crippen molar-refractivity contribution >= 4 is 5.78 Å². The summed E-state index contributed by atoms with van der Waals surface area (Å²) in [6.07, 6.45) is 7.50. The highest BCUT2D eigenvalue weighted by molar-refractivity contribution is 5.98. The van der Waals surface area contributed by atoms with Crippen molar-refractivity contribution in [2.75, 3.05) is 0 Å². The van der Waals surface area contributed by atoms with Gasteiger partial charge in [0.1, 0.15) is 0 Å². The van der Waals surface area contributed by atoms with Gasteiger partial charge in [-0.3, -0.25) is 4.79 Å². The van der Waals surface area contributed by atoms with Crippen LogP contribution in [0.5, 0.6) is 0 Å². The molecule has 3 aliphatic rings. The fourth-order valence-electron chi connectivity index (χ4n) is 3.99. The molecule has 2 heteroatoms. The molecule has 0 radical (unpaired) electrons. The number of rotatable bonds is 3. The lowest BCUT2D eigenvalue weighted by molar-refractivity contribution is 0.0901. The van der Waals surface area contributed by atoms with Gasteiger partial charge in [0.2, 0.25) is 0 Å². The number of hydrogen-bond acceptors (Lipinski definition) is 2. The van der Waals surface area contributed by atoms with Gasteiger partial charge in [0.15, 0.2) is 5.78 Å². The normalized spacial score (nSPS) is 33.4. The molecule has 2 bridgehead atoms. The molecule has 2 nitrogen and oxygen atoms in total. The van der Waals surface area contributed by atoms with Crippen LogP contribution in [0.3, 0.4) is 0 Å². The van der Waals surface area contributed by atoms with Crippen LogP contribution in [0.2, 0.25) is 0 Å². The predicted octanol–water partition coefficient (Wildman–Crippen LogP) is 3.28. The van der Waals surface area contributed by atoms with Crippen molar-refractivity contribution in [2.24, 2.45) is 5.92 Å². The molecule has 1 aromatic carbocycles. The SMILES string of the molecule is O=C(c1ccc(C2CCC2)cc1)C1CC2CCC1N2. The molecule has 4 rings (SSSR count). The minimum atomic E-state index is 0.230. The summed E-state index contributed by atoms with van der Waals surface area (Å²) in [5.41, 5.74) is 2.34. The first-order valence-corrected chi connectivity index (χ1v) is 7.71. The van der Waals surface area contributed by atoms with Crippen LogP contribution in [0.4, 0.5) is 0 Å². The van der Waals surface area contributed by atoms with E-state index in [1.54, 1.807) is 0 Å². The molecule has 3 unspecified atom stereocenters. The number of ketones is 1. The average molecular weight is 255 g/mol. The second-order valence-electron chi connectivity index (χ2n) is 6.50. The third kappa shape index (κ3) is 1.93. The molecule has 2 heterocycles.